The summed E-state index contributed by atoms with van der Waals surface area (Å²) < 4.78 is 0. The molecule has 0 aliphatic carbocycles. The van der Waals surface area contributed by atoms with Crippen molar-refractivity contribution < 1.29 is 0 Å². The van der Waals surface area contributed by atoms with Crippen molar-refractivity contribution in [2.24, 2.45) is 10.9 Å². The molecule has 0 radical (unpaired) electrons. The fourth-order valence-corrected chi connectivity index (χ4v) is 4.14. The number of rotatable bonds is 8. The largest absolute Gasteiger partial charge is 0.357 e. The van der Waals surface area contributed by atoms with Gasteiger partial charge < -0.3 is 15.5 Å². The van der Waals surface area contributed by atoms with Gasteiger partial charge in [-0.2, -0.15) is 0 Å². The number of hydrogen-bond donors (Lipinski definition) is 2. The number of hydrogen-bond acceptors (Lipinski definition) is 4. The molecule has 0 aromatic carbocycles. The van der Waals surface area contributed by atoms with Crippen molar-refractivity contribution in [3.05, 3.63) is 46.3 Å². The number of thiophene rings is 1. The average Bonchev–Trinajstić information content (AvgIpc) is 3.38. The molecule has 1 aliphatic rings. The number of guanidine groups is 1. The molecule has 28 heavy (non-hydrogen) atoms. The van der Waals surface area contributed by atoms with Crippen molar-refractivity contribution in [3.8, 4) is 0 Å². The molecule has 5 nitrogen and oxygen atoms in total. The predicted molar refractivity (Wildman–Crippen MR) is 131 cm³/mol. The van der Waals surface area contributed by atoms with Gasteiger partial charge in [-0.15, -0.1) is 35.3 Å². The van der Waals surface area contributed by atoms with Gasteiger partial charge >= 0.3 is 0 Å². The van der Waals surface area contributed by atoms with Crippen LogP contribution in [0.25, 0.3) is 0 Å². The maximum Gasteiger partial charge on any atom is 0.191 e. The average molecular weight is 513 g/mol. The quantitative estimate of drug-likeness (QED) is 0.314. The number of anilines is 1. The summed E-state index contributed by atoms with van der Waals surface area (Å²) in [5.74, 6) is 2.53. The minimum absolute atomic E-state index is 0. The smallest absolute Gasteiger partial charge is 0.191 e. The lowest BCUT2D eigenvalue weighted by atomic mass is 10.1. The molecule has 154 valence electrons. The van der Waals surface area contributed by atoms with E-state index in [9.17, 15) is 0 Å². The second-order valence-electron chi connectivity index (χ2n) is 7.18. The molecule has 3 rings (SSSR count). The van der Waals surface area contributed by atoms with Crippen LogP contribution in [0.3, 0.4) is 0 Å². The molecule has 1 unspecified atom stereocenters. The third-order valence-electron chi connectivity index (χ3n) is 4.75. The van der Waals surface area contributed by atoms with Crippen LogP contribution in [0.4, 0.5) is 5.82 Å². The predicted octanol–water partition coefficient (Wildman–Crippen LogP) is 4.30. The lowest BCUT2D eigenvalue weighted by Crippen LogP contribution is -2.39. The van der Waals surface area contributed by atoms with E-state index in [2.05, 4.69) is 64.0 Å². The summed E-state index contributed by atoms with van der Waals surface area (Å²) in [6.07, 6.45) is 5.61. The number of aromatic nitrogens is 1. The molecule has 2 N–H and O–H groups in total. The normalized spacial score (nSPS) is 15.2. The van der Waals surface area contributed by atoms with Crippen LogP contribution in [0.5, 0.6) is 0 Å². The molecular formula is C21H32IN5S. The third-order valence-corrected chi connectivity index (χ3v) is 5.65. The van der Waals surface area contributed by atoms with Gasteiger partial charge in [-0.25, -0.2) is 9.98 Å². The summed E-state index contributed by atoms with van der Waals surface area (Å²) in [4.78, 5) is 13.1. The van der Waals surface area contributed by atoms with Gasteiger partial charge in [0, 0.05) is 37.3 Å². The minimum atomic E-state index is 0. The summed E-state index contributed by atoms with van der Waals surface area (Å²) in [5.41, 5.74) is 1.14. The Labute approximate surface area is 190 Å². The Bertz CT molecular complexity index is 696. The Kier molecular flexibility index (Phi) is 10.0. The second-order valence-corrected chi connectivity index (χ2v) is 8.22. The zero-order valence-corrected chi connectivity index (χ0v) is 20.0. The van der Waals surface area contributed by atoms with Crippen LogP contribution in [-0.4, -0.2) is 37.1 Å². The molecule has 2 aromatic heterocycles. The monoisotopic (exact) mass is 513 g/mol. The molecule has 2 aromatic rings. The molecular weight excluding hydrogens is 481 g/mol. The van der Waals surface area contributed by atoms with Crippen LogP contribution in [0.1, 0.15) is 37.1 Å². The molecule has 0 bridgehead atoms. The Hall–Kier alpha value is -1.35. The molecule has 1 atom stereocenters. The first-order valence-electron chi connectivity index (χ1n) is 9.99. The van der Waals surface area contributed by atoms with E-state index in [0.29, 0.717) is 12.5 Å². The zero-order chi connectivity index (χ0) is 18.9. The maximum absolute atomic E-state index is 4.72. The van der Waals surface area contributed by atoms with E-state index in [1.807, 2.05) is 17.5 Å². The van der Waals surface area contributed by atoms with Gasteiger partial charge in [-0.1, -0.05) is 19.1 Å². The molecule has 0 spiro atoms. The highest BCUT2D eigenvalue weighted by molar-refractivity contribution is 14.0. The Morgan fingerprint density at radius 3 is 2.71 bits per heavy atom. The molecule has 3 heterocycles. The van der Waals surface area contributed by atoms with Crippen LogP contribution in [0.2, 0.25) is 0 Å². The molecule has 0 saturated carbocycles. The van der Waals surface area contributed by atoms with Gasteiger partial charge in [0.05, 0.1) is 6.54 Å². The number of halogens is 1. The molecule has 0 amide bonds. The minimum Gasteiger partial charge on any atom is -0.357 e. The molecule has 1 fully saturated rings. The summed E-state index contributed by atoms with van der Waals surface area (Å²) >= 11 is 1.83. The van der Waals surface area contributed by atoms with Crippen molar-refractivity contribution in [2.75, 3.05) is 31.1 Å². The maximum atomic E-state index is 4.72. The van der Waals surface area contributed by atoms with E-state index >= 15 is 0 Å². The topological polar surface area (TPSA) is 52.6 Å². The second kappa shape index (κ2) is 12.3. The van der Waals surface area contributed by atoms with Gasteiger partial charge in [-0.05, 0) is 55.2 Å². The van der Waals surface area contributed by atoms with Crippen LogP contribution in [-0.2, 0) is 13.0 Å². The highest BCUT2D eigenvalue weighted by Gasteiger charge is 2.13. The number of pyridine rings is 1. The van der Waals surface area contributed by atoms with Gasteiger partial charge in [0.1, 0.15) is 5.82 Å². The Morgan fingerprint density at radius 1 is 1.25 bits per heavy atom. The number of nitrogens with zero attached hydrogens (tertiary/aromatic N) is 3. The van der Waals surface area contributed by atoms with Crippen molar-refractivity contribution in [3.63, 3.8) is 0 Å². The van der Waals surface area contributed by atoms with E-state index in [4.69, 9.17) is 4.99 Å². The fraction of sp³-hybridized carbons (Fsp3) is 0.524. The first-order valence-corrected chi connectivity index (χ1v) is 10.9. The Balaban J connectivity index is 0.00000280. The van der Waals surface area contributed by atoms with Crippen molar-refractivity contribution in [1.29, 1.82) is 0 Å². The van der Waals surface area contributed by atoms with Crippen molar-refractivity contribution >= 4 is 47.1 Å². The van der Waals surface area contributed by atoms with Crippen LogP contribution in [0.15, 0.2) is 40.8 Å². The lowest BCUT2D eigenvalue weighted by molar-refractivity contribution is 0.562. The van der Waals surface area contributed by atoms with Crippen molar-refractivity contribution in [2.45, 2.75) is 39.7 Å². The van der Waals surface area contributed by atoms with E-state index in [1.165, 1.54) is 17.7 Å². The third kappa shape index (κ3) is 7.24. The van der Waals surface area contributed by atoms with Crippen LogP contribution < -0.4 is 15.5 Å². The fourth-order valence-electron chi connectivity index (χ4n) is 3.27. The summed E-state index contributed by atoms with van der Waals surface area (Å²) in [6, 6.07) is 8.60. The first-order chi connectivity index (χ1) is 13.2. The zero-order valence-electron chi connectivity index (χ0n) is 16.9. The van der Waals surface area contributed by atoms with Crippen LogP contribution in [0, 0.1) is 5.92 Å². The number of aliphatic imine (C=N–C) groups is 1. The molecule has 1 aliphatic heterocycles. The lowest BCUT2D eigenvalue weighted by Gasteiger charge is -2.16. The summed E-state index contributed by atoms with van der Waals surface area (Å²) in [5, 5.41) is 8.95. The highest BCUT2D eigenvalue weighted by Crippen LogP contribution is 2.18. The Morgan fingerprint density at radius 2 is 2.07 bits per heavy atom. The SMILES string of the molecule is CCNC(=NCc1ccc(N2CCCC2)nc1)NCC(C)Cc1cccs1.I. The number of nitrogens with one attached hydrogen (secondary N) is 2. The van der Waals surface area contributed by atoms with E-state index in [1.54, 1.807) is 0 Å². The highest BCUT2D eigenvalue weighted by atomic mass is 127. The summed E-state index contributed by atoms with van der Waals surface area (Å²) in [7, 11) is 0. The van der Waals surface area contributed by atoms with Gasteiger partial charge in [0.25, 0.3) is 0 Å². The van der Waals surface area contributed by atoms with E-state index < -0.39 is 0 Å². The van der Waals surface area contributed by atoms with Gasteiger partial charge in [0.15, 0.2) is 5.96 Å². The van der Waals surface area contributed by atoms with Crippen molar-refractivity contribution in [1.82, 2.24) is 15.6 Å². The molecule has 7 heteroatoms. The van der Waals surface area contributed by atoms with E-state index in [0.717, 1.165) is 49.9 Å². The van der Waals surface area contributed by atoms with Gasteiger partial charge in [-0.3, -0.25) is 0 Å². The van der Waals surface area contributed by atoms with Crippen LogP contribution >= 0.6 is 35.3 Å². The summed E-state index contributed by atoms with van der Waals surface area (Å²) in [6.45, 7) is 9.04. The standard InChI is InChI=1S/C21H31N5S.HI/c1-3-22-21(24-14-17(2)13-19-7-6-12-27-19)25-16-18-8-9-20(23-15-18)26-10-4-5-11-26;/h6-9,12,15,17H,3-5,10-11,13-14,16H2,1-2H3,(H2,22,24,25);1H. The first kappa shape index (κ1) is 22.9. The van der Waals surface area contributed by atoms with Gasteiger partial charge in [0.2, 0.25) is 0 Å². The van der Waals surface area contributed by atoms with E-state index in [-0.39, 0.29) is 24.0 Å². The molecule has 1 saturated heterocycles.